The monoisotopic (exact) mass is 406 g/mol. The van der Waals surface area contributed by atoms with Gasteiger partial charge in [0, 0.05) is 23.6 Å². The number of hydrogen-bond acceptors (Lipinski definition) is 5. The Morgan fingerprint density at radius 2 is 2.04 bits per heavy atom. The first-order chi connectivity index (χ1) is 13.4. The Morgan fingerprint density at radius 1 is 1.21 bits per heavy atom. The van der Waals surface area contributed by atoms with Crippen molar-refractivity contribution >= 4 is 35.0 Å². The molecule has 7 nitrogen and oxygen atoms in total. The second-order valence-corrected chi connectivity index (χ2v) is 6.16. The second kappa shape index (κ2) is 6.64. The zero-order valence-corrected chi connectivity index (χ0v) is 14.6. The molecule has 0 amide bonds. The van der Waals surface area contributed by atoms with Crippen molar-refractivity contribution in [3.8, 4) is 11.3 Å². The molecular weight excluding hydrogens is 397 g/mol. The summed E-state index contributed by atoms with van der Waals surface area (Å²) in [6.45, 7) is 0. The van der Waals surface area contributed by atoms with Crippen LogP contribution >= 0.6 is 11.6 Å². The molecular formula is C17H10ClF3N6O. The minimum atomic E-state index is -4.58. The third-order valence-corrected chi connectivity index (χ3v) is 4.34. The Hall–Kier alpha value is -3.40. The number of H-pyrrole nitrogens is 1. The third kappa shape index (κ3) is 3.07. The lowest BCUT2D eigenvalue weighted by atomic mass is 10.2. The number of aldehydes is 1. The smallest absolute Gasteiger partial charge is 0.337 e. The summed E-state index contributed by atoms with van der Waals surface area (Å²) in [6, 6.07) is 4.70. The van der Waals surface area contributed by atoms with Crippen LogP contribution in [-0.4, -0.2) is 30.9 Å². The molecule has 0 radical (unpaired) electrons. The van der Waals surface area contributed by atoms with Crippen molar-refractivity contribution in [2.45, 2.75) is 6.18 Å². The maximum atomic E-state index is 13.2. The number of fused-ring (bicyclic) bond motifs is 1. The molecule has 11 heteroatoms. The molecule has 4 rings (SSSR count). The number of anilines is 2. The molecule has 28 heavy (non-hydrogen) atoms. The molecule has 0 saturated heterocycles. The minimum absolute atomic E-state index is 0.129. The highest BCUT2D eigenvalue weighted by Gasteiger charge is 2.36. The van der Waals surface area contributed by atoms with E-state index in [4.69, 9.17) is 11.6 Å². The van der Waals surface area contributed by atoms with Gasteiger partial charge in [0.15, 0.2) is 17.8 Å². The maximum Gasteiger partial charge on any atom is 0.433 e. The predicted octanol–water partition coefficient (Wildman–Crippen LogP) is 4.35. The number of aromatic nitrogens is 5. The van der Waals surface area contributed by atoms with Crippen LogP contribution in [0.2, 0.25) is 5.02 Å². The van der Waals surface area contributed by atoms with Crippen molar-refractivity contribution in [1.29, 1.82) is 0 Å². The van der Waals surface area contributed by atoms with Crippen LogP contribution in [-0.2, 0) is 6.18 Å². The first-order valence-corrected chi connectivity index (χ1v) is 8.21. The fourth-order valence-corrected chi connectivity index (χ4v) is 2.97. The molecule has 0 bridgehead atoms. The highest BCUT2D eigenvalue weighted by Crippen LogP contribution is 2.36. The van der Waals surface area contributed by atoms with Gasteiger partial charge in [0.25, 0.3) is 0 Å². The van der Waals surface area contributed by atoms with Crippen molar-refractivity contribution in [2.75, 3.05) is 5.32 Å². The first kappa shape index (κ1) is 18.0. The Bertz CT molecular complexity index is 1180. The molecule has 0 aliphatic carbocycles. The summed E-state index contributed by atoms with van der Waals surface area (Å²) in [5.74, 6) is 0.306. The van der Waals surface area contributed by atoms with E-state index in [-0.39, 0.29) is 16.3 Å². The number of carbonyl (C=O) groups excluding carboxylic acids is 1. The van der Waals surface area contributed by atoms with Gasteiger partial charge in [0.05, 0.1) is 28.7 Å². The molecule has 4 aromatic rings. The van der Waals surface area contributed by atoms with Crippen LogP contribution in [0, 0.1) is 0 Å². The molecule has 0 fully saturated rings. The van der Waals surface area contributed by atoms with Crippen LogP contribution in [0.1, 0.15) is 16.1 Å². The van der Waals surface area contributed by atoms with Gasteiger partial charge in [-0.1, -0.05) is 11.6 Å². The molecule has 0 saturated carbocycles. The highest BCUT2D eigenvalue weighted by atomic mass is 35.5. The van der Waals surface area contributed by atoms with E-state index in [2.05, 4.69) is 20.4 Å². The standard InChI is InChI=1S/C17H10ClF3N6O/c18-12-5-10(2-1-9(12)8-28)25-15-16-23-7-13(27(16)4-3-22-15)11-6-24-26-14(11)17(19,20)21/h1-8H,(H,22,25)(H,24,26). The fourth-order valence-electron chi connectivity index (χ4n) is 2.74. The quantitative estimate of drug-likeness (QED) is 0.492. The molecule has 0 aliphatic rings. The summed E-state index contributed by atoms with van der Waals surface area (Å²) in [5.41, 5.74) is 0.298. The number of hydrogen-bond donors (Lipinski definition) is 2. The van der Waals surface area contributed by atoms with Gasteiger partial charge in [-0.25, -0.2) is 9.97 Å². The van der Waals surface area contributed by atoms with Crippen LogP contribution in [0.25, 0.3) is 16.9 Å². The SMILES string of the molecule is O=Cc1ccc(Nc2nccn3c(-c4cn[nH]c4C(F)(F)F)cnc23)cc1Cl. The van der Waals surface area contributed by atoms with Gasteiger partial charge < -0.3 is 5.32 Å². The van der Waals surface area contributed by atoms with E-state index in [0.29, 0.717) is 29.0 Å². The topological polar surface area (TPSA) is 88.0 Å². The van der Waals surface area contributed by atoms with E-state index in [0.717, 1.165) is 6.20 Å². The molecule has 0 spiro atoms. The lowest BCUT2D eigenvalue weighted by Gasteiger charge is -2.09. The van der Waals surface area contributed by atoms with Crippen LogP contribution in [0.3, 0.4) is 0 Å². The number of alkyl halides is 3. The van der Waals surface area contributed by atoms with E-state index < -0.39 is 11.9 Å². The maximum absolute atomic E-state index is 13.2. The lowest BCUT2D eigenvalue weighted by Crippen LogP contribution is -2.08. The summed E-state index contributed by atoms with van der Waals surface area (Å²) in [5, 5.41) is 8.74. The molecule has 1 aromatic carbocycles. The van der Waals surface area contributed by atoms with E-state index in [9.17, 15) is 18.0 Å². The van der Waals surface area contributed by atoms with Gasteiger partial charge >= 0.3 is 6.18 Å². The summed E-state index contributed by atoms with van der Waals surface area (Å²) in [6.07, 6.45) is 1.38. The number of benzene rings is 1. The number of rotatable bonds is 4. The number of halogens is 4. The average molecular weight is 407 g/mol. The normalized spacial score (nSPS) is 11.7. The number of nitrogens with one attached hydrogen (secondary N) is 2. The predicted molar refractivity (Wildman–Crippen MR) is 95.7 cm³/mol. The zero-order chi connectivity index (χ0) is 19.9. The lowest BCUT2D eigenvalue weighted by molar-refractivity contribution is -0.140. The number of nitrogens with zero attached hydrogens (tertiary/aromatic N) is 4. The van der Waals surface area contributed by atoms with Gasteiger partial charge in [-0.15, -0.1) is 0 Å². The van der Waals surface area contributed by atoms with E-state index in [1.807, 2.05) is 5.10 Å². The van der Waals surface area contributed by atoms with Crippen LogP contribution in [0.15, 0.2) is 43.0 Å². The van der Waals surface area contributed by atoms with E-state index in [1.165, 1.54) is 35.1 Å². The Kier molecular flexibility index (Phi) is 4.27. The van der Waals surface area contributed by atoms with Gasteiger partial charge in [0.2, 0.25) is 0 Å². The van der Waals surface area contributed by atoms with Crippen molar-refractivity contribution < 1.29 is 18.0 Å². The van der Waals surface area contributed by atoms with Gasteiger partial charge in [-0.2, -0.15) is 18.3 Å². The Labute approximate surface area is 160 Å². The van der Waals surface area contributed by atoms with Crippen molar-refractivity contribution in [3.63, 3.8) is 0 Å². The molecule has 0 atom stereocenters. The molecule has 3 aromatic heterocycles. The van der Waals surface area contributed by atoms with Crippen LogP contribution < -0.4 is 5.32 Å². The van der Waals surface area contributed by atoms with Crippen LogP contribution in [0.4, 0.5) is 24.7 Å². The van der Waals surface area contributed by atoms with Gasteiger partial charge in [0.1, 0.15) is 5.69 Å². The summed E-state index contributed by atoms with van der Waals surface area (Å²) in [7, 11) is 0. The minimum Gasteiger partial charge on any atom is -0.337 e. The number of aromatic amines is 1. The summed E-state index contributed by atoms with van der Waals surface area (Å²) < 4.78 is 41.0. The number of imidazole rings is 1. The second-order valence-electron chi connectivity index (χ2n) is 5.75. The zero-order valence-electron chi connectivity index (χ0n) is 13.8. The Morgan fingerprint density at radius 3 is 2.75 bits per heavy atom. The van der Waals surface area contributed by atoms with Crippen molar-refractivity contribution in [2.24, 2.45) is 0 Å². The first-order valence-electron chi connectivity index (χ1n) is 7.83. The third-order valence-electron chi connectivity index (χ3n) is 4.02. The highest BCUT2D eigenvalue weighted by molar-refractivity contribution is 6.33. The van der Waals surface area contributed by atoms with Crippen LogP contribution in [0.5, 0.6) is 0 Å². The summed E-state index contributed by atoms with van der Waals surface area (Å²) >= 11 is 6.02. The molecule has 3 heterocycles. The fraction of sp³-hybridized carbons (Fsp3) is 0.0588. The number of carbonyl (C=O) groups is 1. The van der Waals surface area contributed by atoms with Crippen molar-refractivity contribution in [1.82, 2.24) is 24.6 Å². The Balaban J connectivity index is 1.77. The molecule has 142 valence electrons. The average Bonchev–Trinajstić information content (AvgIpc) is 3.28. The van der Waals surface area contributed by atoms with E-state index >= 15 is 0 Å². The van der Waals surface area contributed by atoms with Gasteiger partial charge in [-0.3, -0.25) is 14.3 Å². The molecule has 0 unspecified atom stereocenters. The van der Waals surface area contributed by atoms with Gasteiger partial charge in [-0.05, 0) is 18.2 Å². The van der Waals surface area contributed by atoms with E-state index in [1.54, 1.807) is 6.07 Å². The molecule has 2 N–H and O–H groups in total. The molecule has 0 aliphatic heterocycles. The summed E-state index contributed by atoms with van der Waals surface area (Å²) in [4.78, 5) is 19.2. The van der Waals surface area contributed by atoms with Crippen molar-refractivity contribution in [3.05, 3.63) is 59.3 Å². The largest absolute Gasteiger partial charge is 0.433 e.